The van der Waals surface area contributed by atoms with Gasteiger partial charge in [-0.3, -0.25) is 0 Å². The SMILES string of the molecule is [N-]=[N+]=C1CC2CCCC(C1)C2. The van der Waals surface area contributed by atoms with Crippen molar-refractivity contribution in [3.8, 4) is 0 Å². The van der Waals surface area contributed by atoms with Gasteiger partial charge in [0.25, 0.3) is 5.71 Å². The van der Waals surface area contributed by atoms with Crippen LogP contribution in [0.2, 0.25) is 0 Å². The highest BCUT2D eigenvalue weighted by atomic mass is 14.9. The Bertz CT molecular complexity index is 190. The molecule has 0 heterocycles. The molecular weight excluding hydrogens is 136 g/mol. The Morgan fingerprint density at radius 2 is 1.82 bits per heavy atom. The van der Waals surface area contributed by atoms with E-state index in [4.69, 9.17) is 5.53 Å². The fourth-order valence-electron chi connectivity index (χ4n) is 2.60. The average molecular weight is 150 g/mol. The molecule has 0 N–H and O–H groups in total. The highest BCUT2D eigenvalue weighted by molar-refractivity contribution is 5.80. The van der Waals surface area contributed by atoms with Crippen molar-refractivity contribution in [3.63, 3.8) is 0 Å². The molecule has 2 nitrogen and oxygen atoms in total. The zero-order valence-electron chi connectivity index (χ0n) is 6.79. The third-order valence-corrected chi connectivity index (χ3v) is 3.08. The molecule has 2 heteroatoms. The van der Waals surface area contributed by atoms with E-state index < -0.39 is 0 Å². The number of rotatable bonds is 0. The van der Waals surface area contributed by atoms with Gasteiger partial charge in [-0.1, -0.05) is 6.42 Å². The van der Waals surface area contributed by atoms with Crippen LogP contribution < -0.4 is 0 Å². The summed E-state index contributed by atoms with van der Waals surface area (Å²) in [4.78, 5) is 3.35. The molecular formula is C9H14N2. The molecule has 2 saturated carbocycles. The lowest BCUT2D eigenvalue weighted by Gasteiger charge is -2.31. The van der Waals surface area contributed by atoms with Crippen molar-refractivity contribution in [2.75, 3.05) is 0 Å². The van der Waals surface area contributed by atoms with E-state index in [1.165, 1.54) is 25.7 Å². The molecule has 0 saturated heterocycles. The third kappa shape index (κ3) is 1.36. The third-order valence-electron chi connectivity index (χ3n) is 3.08. The Hall–Kier alpha value is -0.620. The normalized spacial score (nSPS) is 36.5. The smallest absolute Gasteiger partial charge is 0.269 e. The van der Waals surface area contributed by atoms with E-state index in [2.05, 4.69) is 4.79 Å². The molecule has 2 fully saturated rings. The maximum Gasteiger partial charge on any atom is 0.269 e. The van der Waals surface area contributed by atoms with E-state index >= 15 is 0 Å². The Morgan fingerprint density at radius 3 is 2.36 bits per heavy atom. The maximum atomic E-state index is 8.63. The summed E-state index contributed by atoms with van der Waals surface area (Å²) in [5, 5.41) is 0. The highest BCUT2D eigenvalue weighted by Crippen LogP contribution is 2.37. The Morgan fingerprint density at radius 1 is 1.18 bits per heavy atom. The second-order valence-corrected chi connectivity index (χ2v) is 3.97. The minimum Gasteiger partial charge on any atom is -0.362 e. The first-order chi connectivity index (χ1) is 5.38. The lowest BCUT2D eigenvalue weighted by Crippen LogP contribution is -2.27. The maximum absolute atomic E-state index is 8.63. The molecule has 2 unspecified atom stereocenters. The van der Waals surface area contributed by atoms with E-state index in [-0.39, 0.29) is 0 Å². The largest absolute Gasteiger partial charge is 0.362 e. The fraction of sp³-hybridized carbons (Fsp3) is 0.889. The predicted molar refractivity (Wildman–Crippen MR) is 43.3 cm³/mol. The molecule has 0 radical (unpaired) electrons. The summed E-state index contributed by atoms with van der Waals surface area (Å²) in [5.74, 6) is 1.68. The van der Waals surface area contributed by atoms with Crippen molar-refractivity contribution in [2.24, 2.45) is 11.8 Å². The van der Waals surface area contributed by atoms with Crippen molar-refractivity contribution in [3.05, 3.63) is 5.53 Å². The van der Waals surface area contributed by atoms with Gasteiger partial charge in [-0.05, 0) is 31.1 Å². The van der Waals surface area contributed by atoms with Gasteiger partial charge >= 0.3 is 0 Å². The van der Waals surface area contributed by atoms with Gasteiger partial charge in [-0.25, -0.2) is 0 Å². The average Bonchev–Trinajstić information content (AvgIpc) is 2.03. The van der Waals surface area contributed by atoms with Gasteiger partial charge in [-0.2, -0.15) is 4.79 Å². The van der Waals surface area contributed by atoms with E-state index in [1.807, 2.05) is 0 Å². The van der Waals surface area contributed by atoms with Crippen LogP contribution in [0.5, 0.6) is 0 Å². The van der Waals surface area contributed by atoms with Gasteiger partial charge in [0.2, 0.25) is 0 Å². The molecule has 0 spiro atoms. The minimum atomic E-state index is 0.841. The summed E-state index contributed by atoms with van der Waals surface area (Å²) in [6.45, 7) is 0. The first-order valence-electron chi connectivity index (χ1n) is 4.58. The molecule has 0 aromatic heterocycles. The second-order valence-electron chi connectivity index (χ2n) is 3.97. The lowest BCUT2D eigenvalue weighted by molar-refractivity contribution is -0.0196. The van der Waals surface area contributed by atoms with E-state index in [0.717, 1.165) is 30.4 Å². The molecule has 11 heavy (non-hydrogen) atoms. The van der Waals surface area contributed by atoms with Gasteiger partial charge in [0, 0.05) is 12.8 Å². The number of fused-ring (bicyclic) bond motifs is 2. The molecule has 60 valence electrons. The van der Waals surface area contributed by atoms with Crippen molar-refractivity contribution in [1.29, 1.82) is 0 Å². The first kappa shape index (κ1) is 7.05. The first-order valence-corrected chi connectivity index (χ1v) is 4.58. The zero-order valence-corrected chi connectivity index (χ0v) is 6.79. The summed E-state index contributed by atoms with van der Waals surface area (Å²) in [6.07, 6.45) is 7.62. The van der Waals surface area contributed by atoms with Crippen molar-refractivity contribution >= 4 is 5.71 Å². The molecule has 2 aliphatic rings. The van der Waals surface area contributed by atoms with Crippen LogP contribution in [-0.4, -0.2) is 10.5 Å². The summed E-state index contributed by atoms with van der Waals surface area (Å²) >= 11 is 0. The van der Waals surface area contributed by atoms with E-state index in [1.54, 1.807) is 0 Å². The van der Waals surface area contributed by atoms with Crippen LogP contribution in [0.25, 0.3) is 5.53 Å². The number of nitrogens with zero attached hydrogens (tertiary/aromatic N) is 2. The summed E-state index contributed by atoms with van der Waals surface area (Å²) in [5.41, 5.74) is 9.68. The topological polar surface area (TPSA) is 36.4 Å². The number of hydrogen-bond acceptors (Lipinski definition) is 0. The molecule has 0 amide bonds. The standard InChI is InChI=1S/C9H14N2/c10-11-9-5-7-2-1-3-8(4-7)6-9/h7-8H,1-6H2. The van der Waals surface area contributed by atoms with E-state index in [9.17, 15) is 0 Å². The lowest BCUT2D eigenvalue weighted by atomic mass is 9.72. The van der Waals surface area contributed by atoms with Gasteiger partial charge < -0.3 is 5.53 Å². The Balaban J connectivity index is 2.11. The molecule has 0 aliphatic heterocycles. The van der Waals surface area contributed by atoms with E-state index in [0.29, 0.717) is 0 Å². The summed E-state index contributed by atoms with van der Waals surface area (Å²) < 4.78 is 0. The summed E-state index contributed by atoms with van der Waals surface area (Å²) in [7, 11) is 0. The molecule has 0 aromatic carbocycles. The Kier molecular flexibility index (Phi) is 1.79. The highest BCUT2D eigenvalue weighted by Gasteiger charge is 2.32. The number of hydrogen-bond donors (Lipinski definition) is 0. The quantitative estimate of drug-likeness (QED) is 0.375. The zero-order chi connectivity index (χ0) is 7.68. The van der Waals surface area contributed by atoms with Crippen molar-refractivity contribution < 1.29 is 4.79 Å². The van der Waals surface area contributed by atoms with Crippen LogP contribution >= 0.6 is 0 Å². The van der Waals surface area contributed by atoms with Gasteiger partial charge in [0.05, 0.1) is 0 Å². The molecule has 2 rings (SSSR count). The van der Waals surface area contributed by atoms with Gasteiger partial charge in [-0.15, -0.1) is 0 Å². The molecule has 0 aromatic rings. The molecule has 2 bridgehead atoms. The van der Waals surface area contributed by atoms with Crippen LogP contribution in [-0.2, 0) is 0 Å². The van der Waals surface area contributed by atoms with Gasteiger partial charge in [0.1, 0.15) is 0 Å². The van der Waals surface area contributed by atoms with Crippen molar-refractivity contribution in [1.82, 2.24) is 0 Å². The van der Waals surface area contributed by atoms with Gasteiger partial charge in [0.15, 0.2) is 0 Å². The van der Waals surface area contributed by atoms with Crippen molar-refractivity contribution in [2.45, 2.75) is 38.5 Å². The van der Waals surface area contributed by atoms with Crippen LogP contribution in [0.4, 0.5) is 0 Å². The minimum absolute atomic E-state index is 0.841. The van der Waals surface area contributed by atoms with Crippen LogP contribution in [0, 0.1) is 11.8 Å². The predicted octanol–water partition coefficient (Wildman–Crippen LogP) is 2.26. The molecule has 2 atom stereocenters. The van der Waals surface area contributed by atoms with Crippen LogP contribution in [0.1, 0.15) is 38.5 Å². The second kappa shape index (κ2) is 2.78. The Labute approximate surface area is 67.2 Å². The summed E-state index contributed by atoms with van der Waals surface area (Å²) in [6, 6.07) is 0. The van der Waals surface area contributed by atoms with Crippen LogP contribution in [0.3, 0.4) is 0 Å². The fourth-order valence-corrected chi connectivity index (χ4v) is 2.60. The monoisotopic (exact) mass is 150 g/mol. The van der Waals surface area contributed by atoms with Crippen LogP contribution in [0.15, 0.2) is 0 Å². The molecule has 2 aliphatic carbocycles.